The largest absolute Gasteiger partial charge is 0.187 e. The molecule has 0 aromatic heterocycles. The predicted octanol–water partition coefficient (Wildman–Crippen LogP) is 13.4. The number of benzene rings is 2. The molecular formula is C40H59BrN2. The number of halogens is 1. The van der Waals surface area contributed by atoms with Crippen molar-refractivity contribution in [3.05, 3.63) is 58.6 Å². The van der Waals surface area contributed by atoms with Crippen LogP contribution in [0.4, 0.5) is 0 Å². The summed E-state index contributed by atoms with van der Waals surface area (Å²) >= 11 is 3.59. The topological polar surface area (TPSA) is 24.7 Å². The van der Waals surface area contributed by atoms with Crippen LogP contribution in [0.2, 0.25) is 0 Å². The molecule has 2 aromatic rings. The number of hydrogen-bond acceptors (Lipinski definition) is 2. The van der Waals surface area contributed by atoms with Gasteiger partial charge >= 0.3 is 0 Å². The van der Waals surface area contributed by atoms with Crippen LogP contribution >= 0.6 is 15.9 Å². The summed E-state index contributed by atoms with van der Waals surface area (Å²) in [6.45, 7) is 6.71. The number of hydrogen-bond donors (Lipinski definition) is 0. The Kier molecular flexibility index (Phi) is 11.6. The van der Waals surface area contributed by atoms with E-state index in [-0.39, 0.29) is 16.5 Å². The van der Waals surface area contributed by atoms with E-state index in [1.165, 1.54) is 145 Å². The van der Waals surface area contributed by atoms with Crippen LogP contribution in [0, 0.1) is 11.8 Å². The molecule has 4 aliphatic carbocycles. The second-order valence-corrected chi connectivity index (χ2v) is 16.4. The zero-order valence-electron chi connectivity index (χ0n) is 27.7. The third kappa shape index (κ3) is 8.42. The summed E-state index contributed by atoms with van der Waals surface area (Å²) in [6, 6.07) is 17.1. The van der Waals surface area contributed by atoms with Gasteiger partial charge in [-0.3, -0.25) is 0 Å². The lowest BCUT2D eigenvalue weighted by molar-refractivity contribution is 0.114. The Morgan fingerprint density at radius 1 is 0.558 bits per heavy atom. The second kappa shape index (κ2) is 15.2. The number of rotatable bonds is 5. The molecule has 4 saturated carbocycles. The summed E-state index contributed by atoms with van der Waals surface area (Å²) in [5, 5.41) is 10.9. The highest BCUT2D eigenvalue weighted by Crippen LogP contribution is 2.48. The molecule has 0 saturated heterocycles. The minimum Gasteiger partial charge on any atom is -0.187 e. The molecule has 2 aromatic carbocycles. The van der Waals surface area contributed by atoms with E-state index in [0.717, 1.165) is 16.3 Å². The Balaban J connectivity index is 0.000000188. The van der Waals surface area contributed by atoms with Gasteiger partial charge in [0, 0.05) is 4.47 Å². The van der Waals surface area contributed by atoms with Gasteiger partial charge in [-0.05, 0) is 91.4 Å². The lowest BCUT2D eigenvalue weighted by Gasteiger charge is -2.45. The minimum atomic E-state index is 0.215. The fraction of sp³-hybridized carbons (Fsp3) is 0.700. The maximum Gasteiger partial charge on any atom is 0.0844 e. The summed E-state index contributed by atoms with van der Waals surface area (Å²) in [5.41, 5.74) is 4.55. The monoisotopic (exact) mass is 646 g/mol. The first kappa shape index (κ1) is 32.9. The average Bonchev–Trinajstić information content (AvgIpc) is 3.06. The molecule has 43 heavy (non-hydrogen) atoms. The number of nitrogens with zero attached hydrogens (tertiary/aromatic N) is 2. The summed E-state index contributed by atoms with van der Waals surface area (Å²) < 4.78 is 1.14. The highest BCUT2D eigenvalue weighted by Gasteiger charge is 2.44. The quantitative estimate of drug-likeness (QED) is 0.289. The molecule has 0 amide bonds. The van der Waals surface area contributed by atoms with Gasteiger partial charge in [0.25, 0.3) is 0 Å². The van der Waals surface area contributed by atoms with Gasteiger partial charge in [-0.2, -0.15) is 10.2 Å². The van der Waals surface area contributed by atoms with Crippen molar-refractivity contribution < 1.29 is 0 Å². The fourth-order valence-corrected chi connectivity index (χ4v) is 9.35. The molecule has 0 N–H and O–H groups in total. The third-order valence-corrected chi connectivity index (χ3v) is 12.2. The van der Waals surface area contributed by atoms with Crippen molar-refractivity contribution in [2.45, 2.75) is 166 Å². The van der Waals surface area contributed by atoms with E-state index in [1.54, 1.807) is 0 Å². The van der Waals surface area contributed by atoms with E-state index < -0.39 is 0 Å². The van der Waals surface area contributed by atoms with Crippen LogP contribution in [0.3, 0.4) is 0 Å². The molecule has 0 unspecified atom stereocenters. The van der Waals surface area contributed by atoms with Gasteiger partial charge in [0.1, 0.15) is 0 Å². The SMILES string of the molecule is C1CCC(C2(N=NC3(C4CCCCC4)CCCCC3)CCCCC2)CC1.CC(C)(C)c1ccc(-c2ccccc2Br)cc1. The molecule has 0 radical (unpaired) electrons. The van der Waals surface area contributed by atoms with Gasteiger partial charge in [0.05, 0.1) is 11.1 Å². The highest BCUT2D eigenvalue weighted by molar-refractivity contribution is 9.10. The van der Waals surface area contributed by atoms with E-state index in [9.17, 15) is 0 Å². The molecule has 0 bridgehead atoms. The minimum absolute atomic E-state index is 0.215. The van der Waals surface area contributed by atoms with E-state index in [4.69, 9.17) is 10.2 Å². The Bertz CT molecular complexity index is 1090. The van der Waals surface area contributed by atoms with Crippen LogP contribution in [-0.2, 0) is 5.41 Å². The van der Waals surface area contributed by atoms with Crippen molar-refractivity contribution in [1.82, 2.24) is 0 Å². The number of azo groups is 1. The van der Waals surface area contributed by atoms with Gasteiger partial charge in [-0.15, -0.1) is 0 Å². The first-order valence-electron chi connectivity index (χ1n) is 18.1. The molecular weight excluding hydrogens is 588 g/mol. The summed E-state index contributed by atoms with van der Waals surface area (Å²) in [7, 11) is 0. The molecule has 0 atom stereocenters. The Morgan fingerprint density at radius 3 is 1.40 bits per heavy atom. The van der Waals surface area contributed by atoms with Crippen molar-refractivity contribution >= 4 is 15.9 Å². The molecule has 0 heterocycles. The van der Waals surface area contributed by atoms with Crippen LogP contribution in [0.1, 0.15) is 155 Å². The fourth-order valence-electron chi connectivity index (χ4n) is 8.83. The lowest BCUT2D eigenvalue weighted by atomic mass is 9.67. The smallest absolute Gasteiger partial charge is 0.0844 e. The van der Waals surface area contributed by atoms with E-state index >= 15 is 0 Å². The Hall–Kier alpha value is -1.48. The van der Waals surface area contributed by atoms with E-state index in [1.807, 2.05) is 6.07 Å². The van der Waals surface area contributed by atoms with Gasteiger partial charge in [-0.1, -0.05) is 156 Å². The lowest BCUT2D eigenvalue weighted by Crippen LogP contribution is -2.42. The van der Waals surface area contributed by atoms with Gasteiger partial charge in [0.2, 0.25) is 0 Å². The van der Waals surface area contributed by atoms with Crippen molar-refractivity contribution in [3.8, 4) is 11.1 Å². The Labute approximate surface area is 272 Å². The summed E-state index contributed by atoms with van der Waals surface area (Å²) in [4.78, 5) is 0. The van der Waals surface area contributed by atoms with Crippen molar-refractivity contribution in [3.63, 3.8) is 0 Å². The van der Waals surface area contributed by atoms with Gasteiger partial charge < -0.3 is 0 Å². The highest BCUT2D eigenvalue weighted by atomic mass is 79.9. The maximum atomic E-state index is 5.43. The van der Waals surface area contributed by atoms with Gasteiger partial charge in [0.15, 0.2) is 0 Å². The van der Waals surface area contributed by atoms with E-state index in [0.29, 0.717) is 0 Å². The third-order valence-electron chi connectivity index (χ3n) is 11.6. The molecule has 6 rings (SSSR count). The van der Waals surface area contributed by atoms with Gasteiger partial charge in [-0.25, -0.2) is 0 Å². The van der Waals surface area contributed by atoms with Crippen LogP contribution in [0.5, 0.6) is 0 Å². The van der Waals surface area contributed by atoms with Crippen molar-refractivity contribution in [1.29, 1.82) is 0 Å². The van der Waals surface area contributed by atoms with Crippen LogP contribution in [0.25, 0.3) is 11.1 Å². The summed E-state index contributed by atoms with van der Waals surface area (Å²) in [5.74, 6) is 1.68. The maximum absolute atomic E-state index is 5.43. The summed E-state index contributed by atoms with van der Waals surface area (Å²) in [6.07, 6.45) is 28.1. The van der Waals surface area contributed by atoms with Crippen LogP contribution in [-0.4, -0.2) is 11.1 Å². The first-order valence-corrected chi connectivity index (χ1v) is 18.9. The first-order chi connectivity index (χ1) is 20.8. The molecule has 0 spiro atoms. The zero-order valence-corrected chi connectivity index (χ0v) is 29.3. The normalized spacial score (nSPS) is 23.4. The van der Waals surface area contributed by atoms with Crippen molar-refractivity contribution in [2.75, 3.05) is 0 Å². The molecule has 236 valence electrons. The van der Waals surface area contributed by atoms with Crippen LogP contribution in [0.15, 0.2) is 63.2 Å². The molecule has 0 aliphatic heterocycles. The zero-order chi connectivity index (χ0) is 30.2. The predicted molar refractivity (Wildman–Crippen MR) is 188 cm³/mol. The van der Waals surface area contributed by atoms with E-state index in [2.05, 4.69) is 79.2 Å². The standard InChI is InChI=1S/C24H42N2.C16H17Br/c1-5-13-21(14-6-1)23(17-9-3-10-18-23)25-26-24(19-11-4-12-20-24)22-15-7-2-8-16-22;1-16(2,3)13-10-8-12(9-11-13)14-6-4-5-7-15(14)17/h21-22H,1-20H2;4-11H,1-3H3. The average molecular weight is 648 g/mol. The molecule has 3 heteroatoms. The Morgan fingerprint density at radius 2 is 0.977 bits per heavy atom. The second-order valence-electron chi connectivity index (χ2n) is 15.5. The molecule has 4 aliphatic rings. The van der Waals surface area contributed by atoms with Crippen molar-refractivity contribution in [2.24, 2.45) is 22.1 Å². The molecule has 4 fully saturated rings. The van der Waals surface area contributed by atoms with Crippen LogP contribution < -0.4 is 0 Å². The molecule has 2 nitrogen and oxygen atoms in total.